The number of hydrogen-bond donors (Lipinski definition) is 0. The third-order valence-corrected chi connectivity index (χ3v) is 12.6. The van der Waals surface area contributed by atoms with E-state index in [9.17, 15) is 0 Å². The molecule has 0 aliphatic heterocycles. The fraction of sp³-hybridized carbons (Fsp3) is 0. The molecule has 0 N–H and O–H groups in total. The molecule has 0 spiro atoms. The molecule has 0 aliphatic carbocycles. The second kappa shape index (κ2) is 12.2. The number of hydrogen-bond acceptors (Lipinski definition) is 3. The van der Waals surface area contributed by atoms with Crippen LogP contribution in [0.25, 0.3) is 91.5 Å². The first-order chi connectivity index (χ1) is 27.8. The van der Waals surface area contributed by atoms with Gasteiger partial charge in [-0.05, 0) is 71.6 Å². The molecular weight excluding hydrogens is 701 g/mol. The standard InChI is InChI=1S/C52H32N2OS/c1-2-16-36-33(14-1)28-30-40-42-32-34(29-31-49(42)55-51(36)40)35-15-3-7-21-43(35)54(48-26-13-20-41-39-19-6-12-27-50(39)56-52(41)48)47-25-11-10-24-46(47)53-44-22-8-4-17-37(44)38-18-5-9-23-45(38)53/h1-32H. The molecule has 0 saturated heterocycles. The van der Waals surface area contributed by atoms with E-state index in [4.69, 9.17) is 4.42 Å². The fourth-order valence-corrected chi connectivity index (χ4v) is 10.1. The molecular formula is C52H32N2OS. The van der Waals surface area contributed by atoms with Crippen LogP contribution in [0.15, 0.2) is 199 Å². The van der Waals surface area contributed by atoms with E-state index in [-0.39, 0.29) is 0 Å². The van der Waals surface area contributed by atoms with Crippen molar-refractivity contribution < 1.29 is 4.42 Å². The quantitative estimate of drug-likeness (QED) is 0.176. The number of aromatic nitrogens is 1. The Morgan fingerprint density at radius 3 is 1.91 bits per heavy atom. The van der Waals surface area contributed by atoms with Crippen molar-refractivity contribution in [3.05, 3.63) is 194 Å². The summed E-state index contributed by atoms with van der Waals surface area (Å²) < 4.78 is 11.5. The molecule has 0 unspecified atom stereocenters. The predicted molar refractivity (Wildman–Crippen MR) is 239 cm³/mol. The van der Waals surface area contributed by atoms with Crippen molar-refractivity contribution in [2.24, 2.45) is 0 Å². The summed E-state index contributed by atoms with van der Waals surface area (Å²) >= 11 is 1.86. The van der Waals surface area contributed by atoms with Gasteiger partial charge in [-0.3, -0.25) is 0 Å². The van der Waals surface area contributed by atoms with Gasteiger partial charge in [-0.1, -0.05) is 133 Å². The first-order valence-electron chi connectivity index (χ1n) is 19.0. The van der Waals surface area contributed by atoms with Crippen molar-refractivity contribution in [2.75, 3.05) is 4.90 Å². The highest BCUT2D eigenvalue weighted by Crippen LogP contribution is 2.49. The molecule has 3 nitrogen and oxygen atoms in total. The Kier molecular flexibility index (Phi) is 6.80. The minimum atomic E-state index is 0.890. The Morgan fingerprint density at radius 2 is 1.07 bits per heavy atom. The van der Waals surface area contributed by atoms with Gasteiger partial charge in [-0.2, -0.15) is 0 Å². The summed E-state index contributed by atoms with van der Waals surface area (Å²) in [6.45, 7) is 0. The highest BCUT2D eigenvalue weighted by Gasteiger charge is 2.25. The minimum Gasteiger partial charge on any atom is -0.455 e. The van der Waals surface area contributed by atoms with Crippen molar-refractivity contribution in [1.82, 2.24) is 4.57 Å². The molecule has 0 atom stereocenters. The number of nitrogens with zero attached hydrogens (tertiary/aromatic N) is 2. The molecule has 3 heterocycles. The van der Waals surface area contributed by atoms with Gasteiger partial charge in [0, 0.05) is 48.0 Å². The van der Waals surface area contributed by atoms with E-state index in [1.165, 1.54) is 47.4 Å². The van der Waals surface area contributed by atoms with Crippen LogP contribution in [0.2, 0.25) is 0 Å². The maximum Gasteiger partial charge on any atom is 0.143 e. The lowest BCUT2D eigenvalue weighted by Crippen LogP contribution is -2.14. The van der Waals surface area contributed by atoms with Crippen LogP contribution >= 0.6 is 11.3 Å². The highest BCUT2D eigenvalue weighted by atomic mass is 32.1. The lowest BCUT2D eigenvalue weighted by molar-refractivity contribution is 0.672. The average molecular weight is 733 g/mol. The summed E-state index contributed by atoms with van der Waals surface area (Å²) in [6, 6.07) is 70.3. The van der Waals surface area contributed by atoms with E-state index in [0.29, 0.717) is 0 Å². The van der Waals surface area contributed by atoms with Crippen molar-refractivity contribution in [2.45, 2.75) is 0 Å². The molecule has 0 radical (unpaired) electrons. The summed E-state index contributed by atoms with van der Waals surface area (Å²) in [5.74, 6) is 0. The Bertz CT molecular complexity index is 3460. The number of para-hydroxylation sites is 5. The Hall–Kier alpha value is -7.14. The van der Waals surface area contributed by atoms with Crippen LogP contribution in [0.1, 0.15) is 0 Å². The molecule has 0 saturated carbocycles. The second-order valence-electron chi connectivity index (χ2n) is 14.4. The third kappa shape index (κ3) is 4.57. The van der Waals surface area contributed by atoms with Crippen LogP contribution < -0.4 is 4.90 Å². The number of fused-ring (bicyclic) bond motifs is 11. The molecule has 12 rings (SSSR count). The summed E-state index contributed by atoms with van der Waals surface area (Å²) in [6.07, 6.45) is 0. The zero-order valence-electron chi connectivity index (χ0n) is 30.2. The van der Waals surface area contributed by atoms with Crippen molar-refractivity contribution in [3.8, 4) is 16.8 Å². The van der Waals surface area contributed by atoms with E-state index in [1.54, 1.807) is 0 Å². The molecule has 262 valence electrons. The molecule has 0 amide bonds. The zero-order chi connectivity index (χ0) is 36.7. The maximum atomic E-state index is 6.57. The lowest BCUT2D eigenvalue weighted by Gasteiger charge is -2.30. The summed E-state index contributed by atoms with van der Waals surface area (Å²) in [4.78, 5) is 2.50. The topological polar surface area (TPSA) is 21.3 Å². The number of thiophene rings is 1. The van der Waals surface area contributed by atoms with Gasteiger partial charge in [0.05, 0.1) is 38.5 Å². The van der Waals surface area contributed by atoms with E-state index in [2.05, 4.69) is 204 Å². The largest absolute Gasteiger partial charge is 0.455 e. The SMILES string of the molecule is c1ccc(N(c2ccccc2-n2c3ccccc3c3ccccc32)c2cccc3c2sc2ccccc23)c(-c2ccc3oc4c5ccccc5ccc4c3c2)c1. The average Bonchev–Trinajstić information content (AvgIpc) is 3.94. The predicted octanol–water partition coefficient (Wildman–Crippen LogP) is 15.3. The molecule has 3 aromatic heterocycles. The van der Waals surface area contributed by atoms with Gasteiger partial charge >= 0.3 is 0 Å². The van der Waals surface area contributed by atoms with Gasteiger partial charge in [0.15, 0.2) is 0 Å². The maximum absolute atomic E-state index is 6.57. The van der Waals surface area contributed by atoms with Gasteiger partial charge in [0.25, 0.3) is 0 Å². The van der Waals surface area contributed by atoms with E-state index < -0.39 is 0 Å². The Balaban J connectivity index is 1.15. The van der Waals surface area contributed by atoms with Crippen molar-refractivity contribution >= 4 is 103 Å². The van der Waals surface area contributed by atoms with Crippen LogP contribution in [0.3, 0.4) is 0 Å². The van der Waals surface area contributed by atoms with Gasteiger partial charge in [-0.25, -0.2) is 0 Å². The summed E-state index contributed by atoms with van der Waals surface area (Å²) in [7, 11) is 0. The Morgan fingerprint density at radius 1 is 0.429 bits per heavy atom. The third-order valence-electron chi connectivity index (χ3n) is 11.4. The van der Waals surface area contributed by atoms with Crippen LogP contribution in [0.4, 0.5) is 17.1 Å². The van der Waals surface area contributed by atoms with Crippen LogP contribution in [0.5, 0.6) is 0 Å². The zero-order valence-corrected chi connectivity index (χ0v) is 31.0. The van der Waals surface area contributed by atoms with Crippen LogP contribution in [-0.4, -0.2) is 4.57 Å². The van der Waals surface area contributed by atoms with Crippen molar-refractivity contribution in [1.29, 1.82) is 0 Å². The highest BCUT2D eigenvalue weighted by molar-refractivity contribution is 7.26. The van der Waals surface area contributed by atoms with Gasteiger partial charge in [0.1, 0.15) is 11.2 Å². The number of furan rings is 1. The van der Waals surface area contributed by atoms with Gasteiger partial charge in [-0.15, -0.1) is 11.3 Å². The number of rotatable bonds is 5. The molecule has 56 heavy (non-hydrogen) atoms. The normalized spacial score (nSPS) is 11.9. The van der Waals surface area contributed by atoms with Crippen molar-refractivity contribution in [3.63, 3.8) is 0 Å². The summed E-state index contributed by atoms with van der Waals surface area (Å²) in [5.41, 5.74) is 10.9. The smallest absolute Gasteiger partial charge is 0.143 e. The first kappa shape index (κ1) is 31.2. The number of benzene rings is 9. The monoisotopic (exact) mass is 732 g/mol. The number of anilines is 3. The van der Waals surface area contributed by atoms with Gasteiger partial charge in [0.2, 0.25) is 0 Å². The molecule has 12 aromatic rings. The second-order valence-corrected chi connectivity index (χ2v) is 15.5. The Labute approximate surface area is 326 Å². The molecule has 0 bridgehead atoms. The van der Waals surface area contributed by atoms with E-state index >= 15 is 0 Å². The van der Waals surface area contributed by atoms with E-state index in [0.717, 1.165) is 61.2 Å². The molecule has 4 heteroatoms. The van der Waals surface area contributed by atoms with Crippen LogP contribution in [0, 0.1) is 0 Å². The van der Waals surface area contributed by atoms with Crippen LogP contribution in [-0.2, 0) is 0 Å². The molecule has 9 aromatic carbocycles. The summed E-state index contributed by atoms with van der Waals surface area (Å²) in [5, 5.41) is 9.57. The fourth-order valence-electron chi connectivity index (χ4n) is 8.91. The minimum absolute atomic E-state index is 0.890. The lowest BCUT2D eigenvalue weighted by atomic mass is 9.98. The van der Waals surface area contributed by atoms with Gasteiger partial charge < -0.3 is 13.9 Å². The van der Waals surface area contributed by atoms with E-state index in [1.807, 2.05) is 11.3 Å². The molecule has 0 fully saturated rings. The molecule has 0 aliphatic rings. The first-order valence-corrected chi connectivity index (χ1v) is 19.8.